The van der Waals surface area contributed by atoms with Gasteiger partial charge in [-0.2, -0.15) is 5.10 Å². The van der Waals surface area contributed by atoms with Gasteiger partial charge in [-0.05, 0) is 39.7 Å². The molecule has 1 fully saturated rings. The molecule has 0 bridgehead atoms. The number of amides is 1. The van der Waals surface area contributed by atoms with Crippen LogP contribution in [0.4, 0.5) is 4.79 Å². The number of hydrogen-bond donors (Lipinski definition) is 0. The Morgan fingerprint density at radius 1 is 1.35 bits per heavy atom. The van der Waals surface area contributed by atoms with Gasteiger partial charge in [0.25, 0.3) is 0 Å². The Morgan fingerprint density at radius 3 is 2.45 bits per heavy atom. The highest BCUT2D eigenvalue weighted by atomic mass is 16.6. The minimum atomic E-state index is -0.637. The van der Waals surface area contributed by atoms with Crippen molar-refractivity contribution in [1.82, 2.24) is 14.7 Å². The van der Waals surface area contributed by atoms with Crippen molar-refractivity contribution in [2.24, 2.45) is 0 Å². The average molecular weight is 279 g/mol. The van der Waals surface area contributed by atoms with Crippen molar-refractivity contribution in [1.29, 1.82) is 0 Å². The number of carbonyl (C=O) groups is 2. The van der Waals surface area contributed by atoms with Gasteiger partial charge in [-0.1, -0.05) is 0 Å². The second-order valence-electron chi connectivity index (χ2n) is 6.14. The molecule has 6 heteroatoms. The molecule has 0 radical (unpaired) electrons. The summed E-state index contributed by atoms with van der Waals surface area (Å²) in [5, 5.41) is 4.16. The zero-order chi connectivity index (χ0) is 14.8. The zero-order valence-corrected chi connectivity index (χ0v) is 12.2. The number of carbonyl (C=O) groups excluding carboxylic acids is 2. The van der Waals surface area contributed by atoms with Crippen LogP contribution in [0.3, 0.4) is 0 Å². The van der Waals surface area contributed by atoms with E-state index in [0.29, 0.717) is 25.9 Å². The first-order valence-corrected chi connectivity index (χ1v) is 6.81. The van der Waals surface area contributed by atoms with Crippen LogP contribution in [-0.4, -0.2) is 45.8 Å². The standard InChI is InChI=1S/C14H21N3O3/c1-13(2,3)20-12(19)16-9-5-14(11-18,6-10-16)17-8-4-7-15-17/h4,7-8,11H,5-6,9-10H2,1-3H3. The summed E-state index contributed by atoms with van der Waals surface area (Å²) in [6, 6.07) is 1.80. The number of hydrogen-bond acceptors (Lipinski definition) is 4. The second kappa shape index (κ2) is 5.26. The molecule has 2 rings (SSSR count). The number of piperidine rings is 1. The van der Waals surface area contributed by atoms with Crippen LogP contribution in [0.2, 0.25) is 0 Å². The SMILES string of the molecule is CC(C)(C)OC(=O)N1CCC(C=O)(n2cccn2)CC1. The molecule has 0 saturated carbocycles. The van der Waals surface area contributed by atoms with E-state index in [4.69, 9.17) is 4.74 Å². The Bertz CT molecular complexity index is 468. The molecule has 20 heavy (non-hydrogen) atoms. The number of aldehydes is 1. The van der Waals surface area contributed by atoms with Crippen LogP contribution in [0, 0.1) is 0 Å². The predicted molar refractivity (Wildman–Crippen MR) is 73.3 cm³/mol. The summed E-state index contributed by atoms with van der Waals surface area (Å²) in [4.78, 5) is 25.1. The van der Waals surface area contributed by atoms with Crippen molar-refractivity contribution in [2.45, 2.75) is 44.8 Å². The first-order chi connectivity index (χ1) is 9.36. The summed E-state index contributed by atoms with van der Waals surface area (Å²) in [6.45, 7) is 6.51. The van der Waals surface area contributed by atoms with Crippen molar-refractivity contribution >= 4 is 12.4 Å². The molecule has 0 unspecified atom stereocenters. The first-order valence-electron chi connectivity index (χ1n) is 6.81. The molecule has 0 aromatic carbocycles. The Balaban J connectivity index is 2.01. The van der Waals surface area contributed by atoms with E-state index in [1.54, 1.807) is 28.0 Å². The molecule has 6 nitrogen and oxygen atoms in total. The van der Waals surface area contributed by atoms with Gasteiger partial charge in [0.05, 0.1) is 0 Å². The Morgan fingerprint density at radius 2 is 2.00 bits per heavy atom. The molecule has 110 valence electrons. The second-order valence-corrected chi connectivity index (χ2v) is 6.14. The number of aromatic nitrogens is 2. The monoisotopic (exact) mass is 279 g/mol. The van der Waals surface area contributed by atoms with E-state index in [-0.39, 0.29) is 6.09 Å². The highest BCUT2D eigenvalue weighted by molar-refractivity contribution is 5.69. The van der Waals surface area contributed by atoms with Crippen LogP contribution in [-0.2, 0) is 15.1 Å². The van der Waals surface area contributed by atoms with E-state index in [1.165, 1.54) is 0 Å². The number of nitrogens with zero attached hydrogens (tertiary/aromatic N) is 3. The van der Waals surface area contributed by atoms with Crippen molar-refractivity contribution in [2.75, 3.05) is 13.1 Å². The van der Waals surface area contributed by atoms with Gasteiger partial charge in [-0.15, -0.1) is 0 Å². The molecule has 1 aromatic heterocycles. The smallest absolute Gasteiger partial charge is 0.410 e. The molecule has 2 heterocycles. The molecule has 0 spiro atoms. The van der Waals surface area contributed by atoms with Crippen LogP contribution >= 0.6 is 0 Å². The molecule has 1 aromatic rings. The van der Waals surface area contributed by atoms with Crippen LogP contribution in [0.1, 0.15) is 33.6 Å². The summed E-state index contributed by atoms with van der Waals surface area (Å²) in [6.07, 6.45) is 5.17. The Labute approximate surface area is 118 Å². The maximum Gasteiger partial charge on any atom is 0.410 e. The van der Waals surface area contributed by atoms with E-state index >= 15 is 0 Å². The molecule has 0 N–H and O–H groups in total. The van der Waals surface area contributed by atoms with Crippen molar-refractivity contribution in [3.05, 3.63) is 18.5 Å². The molecule has 1 amide bonds. The molecule has 1 saturated heterocycles. The fraction of sp³-hybridized carbons (Fsp3) is 0.643. The lowest BCUT2D eigenvalue weighted by Gasteiger charge is -2.38. The van der Waals surface area contributed by atoms with E-state index in [0.717, 1.165) is 6.29 Å². The van der Waals surface area contributed by atoms with Crippen molar-refractivity contribution in [3.8, 4) is 0 Å². The third-order valence-corrected chi connectivity index (χ3v) is 3.46. The quantitative estimate of drug-likeness (QED) is 0.774. The number of likely N-dealkylation sites (tertiary alicyclic amines) is 1. The van der Waals surface area contributed by atoms with Gasteiger partial charge < -0.3 is 14.4 Å². The summed E-state index contributed by atoms with van der Waals surface area (Å²) >= 11 is 0. The highest BCUT2D eigenvalue weighted by Gasteiger charge is 2.38. The lowest BCUT2D eigenvalue weighted by molar-refractivity contribution is -0.118. The minimum Gasteiger partial charge on any atom is -0.444 e. The summed E-state index contributed by atoms with van der Waals surface area (Å²) < 4.78 is 7.03. The predicted octanol–water partition coefficient (Wildman–Crippen LogP) is 1.81. The largest absolute Gasteiger partial charge is 0.444 e. The van der Waals surface area contributed by atoms with E-state index in [9.17, 15) is 9.59 Å². The van der Waals surface area contributed by atoms with Gasteiger partial charge in [0.1, 0.15) is 17.4 Å². The fourth-order valence-corrected chi connectivity index (χ4v) is 2.34. The number of ether oxygens (including phenoxy) is 1. The summed E-state index contributed by atoms with van der Waals surface area (Å²) in [5.74, 6) is 0. The topological polar surface area (TPSA) is 64.4 Å². The Kier molecular flexibility index (Phi) is 3.83. The van der Waals surface area contributed by atoms with E-state index in [1.807, 2.05) is 20.8 Å². The molecule has 1 aliphatic heterocycles. The van der Waals surface area contributed by atoms with Gasteiger partial charge in [-0.3, -0.25) is 4.68 Å². The summed E-state index contributed by atoms with van der Waals surface area (Å²) in [5.41, 5.74) is -1.14. The molecule has 0 aliphatic carbocycles. The normalized spacial score (nSPS) is 18.6. The van der Waals surface area contributed by atoms with Gasteiger partial charge >= 0.3 is 6.09 Å². The highest BCUT2D eigenvalue weighted by Crippen LogP contribution is 2.28. The van der Waals surface area contributed by atoms with Crippen molar-refractivity contribution in [3.63, 3.8) is 0 Å². The molecular formula is C14H21N3O3. The third kappa shape index (κ3) is 3.00. The zero-order valence-electron chi connectivity index (χ0n) is 12.2. The summed E-state index contributed by atoms with van der Waals surface area (Å²) in [7, 11) is 0. The third-order valence-electron chi connectivity index (χ3n) is 3.46. The van der Waals surface area contributed by atoms with E-state index < -0.39 is 11.1 Å². The molecular weight excluding hydrogens is 258 g/mol. The van der Waals surface area contributed by atoms with Crippen LogP contribution in [0.15, 0.2) is 18.5 Å². The minimum absolute atomic E-state index is 0.322. The van der Waals surface area contributed by atoms with Crippen LogP contribution in [0.5, 0.6) is 0 Å². The van der Waals surface area contributed by atoms with Crippen LogP contribution in [0.25, 0.3) is 0 Å². The fourth-order valence-electron chi connectivity index (χ4n) is 2.34. The van der Waals surface area contributed by atoms with Gasteiger partial charge in [0, 0.05) is 25.5 Å². The van der Waals surface area contributed by atoms with Gasteiger partial charge in [0.2, 0.25) is 0 Å². The number of rotatable bonds is 2. The van der Waals surface area contributed by atoms with Gasteiger partial charge in [-0.25, -0.2) is 4.79 Å². The first kappa shape index (κ1) is 14.6. The van der Waals surface area contributed by atoms with Crippen molar-refractivity contribution < 1.29 is 14.3 Å². The maximum atomic E-state index is 12.0. The lowest BCUT2D eigenvalue weighted by atomic mass is 9.89. The van der Waals surface area contributed by atoms with Crippen LogP contribution < -0.4 is 0 Å². The maximum absolute atomic E-state index is 12.0. The molecule has 0 atom stereocenters. The Hall–Kier alpha value is -1.85. The molecule has 1 aliphatic rings. The lowest BCUT2D eigenvalue weighted by Crippen LogP contribution is -2.50. The van der Waals surface area contributed by atoms with E-state index in [2.05, 4.69) is 5.10 Å². The average Bonchev–Trinajstić information content (AvgIpc) is 2.91. The van der Waals surface area contributed by atoms with Gasteiger partial charge in [0.15, 0.2) is 0 Å².